The highest BCUT2D eigenvalue weighted by molar-refractivity contribution is 5.89. The molecule has 2 amide bonds. The SMILES string of the molecule is Cc1ccnc(Nc2cc(NCCNC(=O)Nc3cccc(OC(F)F)c3)nc(C)n2)c1. The van der Waals surface area contributed by atoms with E-state index in [1.165, 1.54) is 18.2 Å². The Morgan fingerprint density at radius 3 is 2.62 bits per heavy atom. The van der Waals surface area contributed by atoms with Crippen LogP contribution in [0.15, 0.2) is 48.7 Å². The van der Waals surface area contributed by atoms with E-state index in [0.717, 1.165) is 5.56 Å². The number of urea groups is 1. The number of pyridine rings is 1. The molecule has 1 aromatic carbocycles. The van der Waals surface area contributed by atoms with E-state index in [2.05, 4.69) is 41.0 Å². The number of anilines is 4. The summed E-state index contributed by atoms with van der Waals surface area (Å²) in [6, 6.07) is 10.8. The summed E-state index contributed by atoms with van der Waals surface area (Å²) < 4.78 is 28.9. The van der Waals surface area contributed by atoms with E-state index < -0.39 is 12.6 Å². The number of hydrogen-bond donors (Lipinski definition) is 4. The molecule has 0 saturated carbocycles. The molecular formula is C21H23F2N7O2. The van der Waals surface area contributed by atoms with Crippen molar-refractivity contribution in [3.63, 3.8) is 0 Å². The third-order valence-electron chi connectivity index (χ3n) is 4.04. The van der Waals surface area contributed by atoms with Crippen LogP contribution in [0.25, 0.3) is 0 Å². The molecule has 0 aliphatic rings. The van der Waals surface area contributed by atoms with Crippen molar-refractivity contribution in [2.45, 2.75) is 20.5 Å². The van der Waals surface area contributed by atoms with Gasteiger partial charge in [0.25, 0.3) is 0 Å². The van der Waals surface area contributed by atoms with Crippen LogP contribution in [0.3, 0.4) is 0 Å². The third-order valence-corrected chi connectivity index (χ3v) is 4.04. The van der Waals surface area contributed by atoms with Gasteiger partial charge in [0.15, 0.2) is 0 Å². The molecule has 32 heavy (non-hydrogen) atoms. The number of carbonyl (C=O) groups excluding carboxylic acids is 1. The largest absolute Gasteiger partial charge is 0.435 e. The number of rotatable bonds is 9. The fourth-order valence-corrected chi connectivity index (χ4v) is 2.75. The molecule has 0 unspecified atom stereocenters. The number of halogens is 2. The fourth-order valence-electron chi connectivity index (χ4n) is 2.75. The van der Waals surface area contributed by atoms with E-state index in [1.54, 1.807) is 25.3 Å². The van der Waals surface area contributed by atoms with E-state index >= 15 is 0 Å². The Morgan fingerprint density at radius 2 is 1.84 bits per heavy atom. The Balaban J connectivity index is 1.47. The highest BCUT2D eigenvalue weighted by atomic mass is 19.3. The first-order valence-electron chi connectivity index (χ1n) is 9.76. The monoisotopic (exact) mass is 443 g/mol. The minimum Gasteiger partial charge on any atom is -0.435 e. The van der Waals surface area contributed by atoms with E-state index in [4.69, 9.17) is 0 Å². The molecule has 3 aromatic rings. The zero-order chi connectivity index (χ0) is 22.9. The van der Waals surface area contributed by atoms with Crippen LogP contribution in [0.1, 0.15) is 11.4 Å². The molecule has 168 valence electrons. The number of alkyl halides is 2. The van der Waals surface area contributed by atoms with Gasteiger partial charge in [0.1, 0.15) is 29.0 Å². The smallest absolute Gasteiger partial charge is 0.387 e. The molecule has 0 aliphatic carbocycles. The van der Waals surface area contributed by atoms with Crippen LogP contribution in [0.5, 0.6) is 5.75 Å². The fraction of sp³-hybridized carbons (Fsp3) is 0.238. The van der Waals surface area contributed by atoms with E-state index in [-0.39, 0.29) is 5.75 Å². The Bertz CT molecular complexity index is 1070. The number of hydrogen-bond acceptors (Lipinski definition) is 7. The van der Waals surface area contributed by atoms with Crippen molar-refractivity contribution >= 4 is 29.2 Å². The second-order valence-electron chi connectivity index (χ2n) is 6.74. The molecule has 0 atom stereocenters. The van der Waals surface area contributed by atoms with Gasteiger partial charge in [-0.15, -0.1) is 0 Å². The van der Waals surface area contributed by atoms with Crippen LogP contribution in [-0.4, -0.2) is 40.7 Å². The molecule has 0 aliphatic heterocycles. The van der Waals surface area contributed by atoms with Crippen LogP contribution in [0.4, 0.5) is 36.7 Å². The van der Waals surface area contributed by atoms with Gasteiger partial charge in [0, 0.05) is 37.1 Å². The van der Waals surface area contributed by atoms with Crippen LogP contribution >= 0.6 is 0 Å². The maximum Gasteiger partial charge on any atom is 0.387 e. The molecule has 2 heterocycles. The van der Waals surface area contributed by atoms with Crippen LogP contribution in [0, 0.1) is 13.8 Å². The summed E-state index contributed by atoms with van der Waals surface area (Å²) in [5, 5.41) is 11.5. The number of aryl methyl sites for hydroxylation is 2. The van der Waals surface area contributed by atoms with Crippen LogP contribution < -0.4 is 26.0 Å². The third kappa shape index (κ3) is 7.35. The van der Waals surface area contributed by atoms with Gasteiger partial charge in [-0.1, -0.05) is 6.07 Å². The maximum atomic E-state index is 12.3. The van der Waals surface area contributed by atoms with E-state index in [1.807, 2.05) is 19.1 Å². The molecule has 4 N–H and O–H groups in total. The summed E-state index contributed by atoms with van der Waals surface area (Å²) in [5.74, 6) is 2.39. The van der Waals surface area contributed by atoms with Gasteiger partial charge >= 0.3 is 12.6 Å². The van der Waals surface area contributed by atoms with Gasteiger partial charge in [-0.2, -0.15) is 8.78 Å². The molecule has 11 heteroatoms. The number of ether oxygens (including phenoxy) is 1. The predicted molar refractivity (Wildman–Crippen MR) is 118 cm³/mol. The first-order valence-corrected chi connectivity index (χ1v) is 9.76. The summed E-state index contributed by atoms with van der Waals surface area (Å²) in [5.41, 5.74) is 1.41. The lowest BCUT2D eigenvalue weighted by Gasteiger charge is -2.11. The van der Waals surface area contributed by atoms with Gasteiger partial charge < -0.3 is 26.0 Å². The second kappa shape index (κ2) is 10.8. The second-order valence-corrected chi connectivity index (χ2v) is 6.74. The number of amides is 2. The Morgan fingerprint density at radius 1 is 1.03 bits per heavy atom. The minimum atomic E-state index is -2.93. The average molecular weight is 443 g/mol. The lowest BCUT2D eigenvalue weighted by molar-refractivity contribution is -0.0498. The van der Waals surface area contributed by atoms with Gasteiger partial charge in [0.2, 0.25) is 0 Å². The molecule has 0 fully saturated rings. The summed E-state index contributed by atoms with van der Waals surface area (Å²) in [6.07, 6.45) is 1.71. The zero-order valence-corrected chi connectivity index (χ0v) is 17.5. The Labute approximate surface area is 183 Å². The first kappa shape index (κ1) is 22.7. The first-order chi connectivity index (χ1) is 15.4. The van der Waals surface area contributed by atoms with E-state index in [0.29, 0.717) is 42.1 Å². The van der Waals surface area contributed by atoms with Crippen molar-refractivity contribution in [1.82, 2.24) is 20.3 Å². The van der Waals surface area contributed by atoms with Crippen molar-refractivity contribution < 1.29 is 18.3 Å². The summed E-state index contributed by atoms with van der Waals surface area (Å²) in [7, 11) is 0. The lowest BCUT2D eigenvalue weighted by Crippen LogP contribution is -2.32. The van der Waals surface area contributed by atoms with Crippen molar-refractivity contribution in [3.8, 4) is 5.75 Å². The van der Waals surface area contributed by atoms with Crippen molar-refractivity contribution in [1.29, 1.82) is 0 Å². The Hall–Kier alpha value is -4.02. The summed E-state index contributed by atoms with van der Waals surface area (Å²) in [6.45, 7) is 1.52. The molecule has 0 radical (unpaired) electrons. The van der Waals surface area contributed by atoms with Crippen molar-refractivity contribution in [3.05, 3.63) is 60.0 Å². The number of nitrogens with one attached hydrogen (secondary N) is 4. The minimum absolute atomic E-state index is 0.0381. The molecule has 0 saturated heterocycles. The molecule has 9 nitrogen and oxygen atoms in total. The normalized spacial score (nSPS) is 10.5. The van der Waals surface area contributed by atoms with Gasteiger partial charge in [-0.25, -0.2) is 19.7 Å². The molecular weight excluding hydrogens is 420 g/mol. The van der Waals surface area contributed by atoms with Gasteiger partial charge in [-0.05, 0) is 43.7 Å². The number of carbonyl (C=O) groups is 1. The molecule has 0 spiro atoms. The number of nitrogens with zero attached hydrogens (tertiary/aromatic N) is 3. The van der Waals surface area contributed by atoms with Crippen molar-refractivity contribution in [2.75, 3.05) is 29.0 Å². The highest BCUT2D eigenvalue weighted by Gasteiger charge is 2.07. The molecule has 2 aromatic heterocycles. The average Bonchev–Trinajstić information content (AvgIpc) is 2.71. The zero-order valence-electron chi connectivity index (χ0n) is 17.5. The topological polar surface area (TPSA) is 113 Å². The Kier molecular flexibility index (Phi) is 7.68. The number of aromatic nitrogens is 3. The number of benzene rings is 1. The van der Waals surface area contributed by atoms with Gasteiger partial charge in [-0.3, -0.25) is 0 Å². The summed E-state index contributed by atoms with van der Waals surface area (Å²) >= 11 is 0. The predicted octanol–water partition coefficient (Wildman–Crippen LogP) is 4.07. The van der Waals surface area contributed by atoms with Gasteiger partial charge in [0.05, 0.1) is 0 Å². The van der Waals surface area contributed by atoms with Crippen LogP contribution in [0.2, 0.25) is 0 Å². The van der Waals surface area contributed by atoms with Crippen molar-refractivity contribution in [2.24, 2.45) is 0 Å². The quantitative estimate of drug-likeness (QED) is 0.369. The molecule has 3 rings (SSSR count). The molecule has 0 bridgehead atoms. The van der Waals surface area contributed by atoms with E-state index in [9.17, 15) is 13.6 Å². The van der Waals surface area contributed by atoms with Crippen LogP contribution in [-0.2, 0) is 0 Å². The maximum absolute atomic E-state index is 12.3. The highest BCUT2D eigenvalue weighted by Crippen LogP contribution is 2.19. The summed E-state index contributed by atoms with van der Waals surface area (Å²) in [4.78, 5) is 24.9. The lowest BCUT2D eigenvalue weighted by atomic mass is 10.3. The standard InChI is InChI=1S/C21H23F2N7O2/c1-13-6-7-24-17(10-13)30-19-12-18(27-14(2)28-19)25-8-9-26-21(31)29-15-4-3-5-16(11-15)32-20(22)23/h3-7,10-12,20H,8-9H2,1-2H3,(H2,26,29,31)(H2,24,25,27,28,30).